The van der Waals surface area contributed by atoms with Crippen LogP contribution >= 0.6 is 0 Å². The first-order valence-corrected chi connectivity index (χ1v) is 4.40. The molecule has 3 nitrogen and oxygen atoms in total. The van der Waals surface area contributed by atoms with Crippen LogP contribution in [0.3, 0.4) is 0 Å². The second kappa shape index (κ2) is 6.14. The minimum atomic E-state index is -0.0648. The summed E-state index contributed by atoms with van der Waals surface area (Å²) in [7, 11) is 1.62. The maximum Gasteiger partial charge on any atom is 0.149 e. The lowest BCUT2D eigenvalue weighted by Crippen LogP contribution is -2.43. The van der Waals surface area contributed by atoms with Crippen LogP contribution in [0.2, 0.25) is 0 Å². The number of Topliss-reactive ketones (excluding diaryl/α,β-unsaturated/α-hetero) is 1. The second-order valence-corrected chi connectivity index (χ2v) is 2.80. The molecule has 0 fully saturated rings. The molecular weight excluding hydrogens is 154 g/mol. The number of hydrogen-bond acceptors (Lipinski definition) is 3. The molecule has 0 spiro atoms. The van der Waals surface area contributed by atoms with E-state index in [0.717, 1.165) is 13.1 Å². The molecule has 72 valence electrons. The number of rotatable bonds is 6. The largest absolute Gasteiger partial charge is 0.383 e. The average molecular weight is 173 g/mol. The van der Waals surface area contributed by atoms with E-state index in [0.29, 0.717) is 6.61 Å². The fourth-order valence-corrected chi connectivity index (χ4v) is 1.30. The zero-order valence-electron chi connectivity index (χ0n) is 8.46. The molecule has 0 saturated carbocycles. The molecule has 0 N–H and O–H groups in total. The Morgan fingerprint density at radius 2 is 1.92 bits per heavy atom. The Morgan fingerprint density at radius 1 is 1.42 bits per heavy atom. The van der Waals surface area contributed by atoms with E-state index in [4.69, 9.17) is 4.74 Å². The van der Waals surface area contributed by atoms with Crippen molar-refractivity contribution in [2.24, 2.45) is 0 Å². The lowest BCUT2D eigenvalue weighted by molar-refractivity contribution is -0.123. The van der Waals surface area contributed by atoms with E-state index in [2.05, 4.69) is 18.7 Å². The van der Waals surface area contributed by atoms with Gasteiger partial charge in [0.2, 0.25) is 0 Å². The summed E-state index contributed by atoms with van der Waals surface area (Å²) in [6.45, 7) is 8.00. The third-order valence-electron chi connectivity index (χ3n) is 2.05. The van der Waals surface area contributed by atoms with Crippen LogP contribution in [-0.4, -0.2) is 43.5 Å². The van der Waals surface area contributed by atoms with Crippen molar-refractivity contribution in [2.75, 3.05) is 26.8 Å². The molecule has 1 atom stereocenters. The van der Waals surface area contributed by atoms with E-state index in [1.807, 2.05) is 0 Å². The van der Waals surface area contributed by atoms with Gasteiger partial charge < -0.3 is 4.74 Å². The van der Waals surface area contributed by atoms with Gasteiger partial charge >= 0.3 is 0 Å². The van der Waals surface area contributed by atoms with Crippen LogP contribution < -0.4 is 0 Å². The highest BCUT2D eigenvalue weighted by atomic mass is 16.5. The van der Waals surface area contributed by atoms with E-state index in [1.165, 1.54) is 0 Å². The highest BCUT2D eigenvalue weighted by Crippen LogP contribution is 2.00. The van der Waals surface area contributed by atoms with Crippen LogP contribution in [0.4, 0.5) is 0 Å². The number of carbonyl (C=O) groups excluding carboxylic acids is 1. The van der Waals surface area contributed by atoms with Gasteiger partial charge in [-0.25, -0.2) is 0 Å². The van der Waals surface area contributed by atoms with E-state index >= 15 is 0 Å². The number of hydrogen-bond donors (Lipinski definition) is 0. The Morgan fingerprint density at radius 3 is 2.17 bits per heavy atom. The molecule has 0 aromatic heterocycles. The van der Waals surface area contributed by atoms with E-state index in [9.17, 15) is 4.79 Å². The van der Waals surface area contributed by atoms with Gasteiger partial charge in [0.25, 0.3) is 0 Å². The Hall–Kier alpha value is -0.410. The Balaban J connectivity index is 4.15. The lowest BCUT2D eigenvalue weighted by atomic mass is 10.2. The Kier molecular flexibility index (Phi) is 5.93. The van der Waals surface area contributed by atoms with Gasteiger partial charge in [-0.1, -0.05) is 13.8 Å². The molecule has 3 heteroatoms. The van der Waals surface area contributed by atoms with Gasteiger partial charge in [0.1, 0.15) is 5.78 Å². The molecule has 0 radical (unpaired) electrons. The van der Waals surface area contributed by atoms with Crippen LogP contribution in [0, 0.1) is 0 Å². The molecular formula is C9H19NO2. The zero-order chi connectivity index (χ0) is 9.56. The minimum Gasteiger partial charge on any atom is -0.383 e. The molecule has 0 bridgehead atoms. The molecule has 0 amide bonds. The molecule has 0 aliphatic rings. The van der Waals surface area contributed by atoms with Gasteiger partial charge in [0.05, 0.1) is 12.6 Å². The van der Waals surface area contributed by atoms with Gasteiger partial charge in [-0.3, -0.25) is 9.69 Å². The van der Waals surface area contributed by atoms with Gasteiger partial charge in [-0.2, -0.15) is 0 Å². The van der Waals surface area contributed by atoms with Crippen LogP contribution in [0.1, 0.15) is 20.8 Å². The maximum absolute atomic E-state index is 11.2. The summed E-state index contributed by atoms with van der Waals surface area (Å²) in [6, 6.07) is -0.0648. The number of ether oxygens (including phenoxy) is 1. The summed E-state index contributed by atoms with van der Waals surface area (Å²) < 4.78 is 4.99. The number of likely N-dealkylation sites (N-methyl/N-ethyl adjacent to an activating group) is 1. The number of ketones is 1. The SMILES string of the molecule is CCN(CC)[C@@H](COC)C(C)=O. The fourth-order valence-electron chi connectivity index (χ4n) is 1.30. The standard InChI is InChI=1S/C9H19NO2/c1-5-10(6-2)9(7-12-4)8(3)11/h9H,5-7H2,1-4H3/t9-/m0/s1. The first-order valence-electron chi connectivity index (χ1n) is 4.40. The number of nitrogens with zero attached hydrogens (tertiary/aromatic N) is 1. The summed E-state index contributed by atoms with van der Waals surface area (Å²) in [6.07, 6.45) is 0. The molecule has 0 aliphatic heterocycles. The minimum absolute atomic E-state index is 0.0648. The van der Waals surface area contributed by atoms with Crippen molar-refractivity contribution in [1.82, 2.24) is 4.90 Å². The smallest absolute Gasteiger partial charge is 0.149 e. The topological polar surface area (TPSA) is 29.5 Å². The van der Waals surface area contributed by atoms with Gasteiger partial charge in [-0.15, -0.1) is 0 Å². The van der Waals surface area contributed by atoms with Gasteiger partial charge in [-0.05, 0) is 20.0 Å². The van der Waals surface area contributed by atoms with Crippen molar-refractivity contribution >= 4 is 5.78 Å². The van der Waals surface area contributed by atoms with Crippen LogP contribution in [-0.2, 0) is 9.53 Å². The average Bonchev–Trinajstić information content (AvgIpc) is 2.05. The molecule has 0 aliphatic carbocycles. The van der Waals surface area contributed by atoms with Crippen molar-refractivity contribution in [3.8, 4) is 0 Å². The highest BCUT2D eigenvalue weighted by molar-refractivity contribution is 5.81. The van der Waals surface area contributed by atoms with Crippen molar-refractivity contribution in [1.29, 1.82) is 0 Å². The first kappa shape index (κ1) is 11.6. The highest BCUT2D eigenvalue weighted by Gasteiger charge is 2.19. The monoisotopic (exact) mass is 173 g/mol. The fraction of sp³-hybridized carbons (Fsp3) is 0.889. The summed E-state index contributed by atoms with van der Waals surface area (Å²) in [5, 5.41) is 0. The third-order valence-corrected chi connectivity index (χ3v) is 2.05. The Labute approximate surface area is 74.7 Å². The summed E-state index contributed by atoms with van der Waals surface area (Å²) in [5.74, 6) is 0.181. The molecule has 0 saturated heterocycles. The summed E-state index contributed by atoms with van der Waals surface area (Å²) in [5.41, 5.74) is 0. The lowest BCUT2D eigenvalue weighted by Gasteiger charge is -2.26. The van der Waals surface area contributed by atoms with Gasteiger partial charge in [0.15, 0.2) is 0 Å². The zero-order valence-corrected chi connectivity index (χ0v) is 8.46. The molecule has 0 heterocycles. The third kappa shape index (κ3) is 3.32. The summed E-state index contributed by atoms with van der Waals surface area (Å²) in [4.78, 5) is 13.3. The first-order chi connectivity index (χ1) is 5.67. The van der Waals surface area contributed by atoms with Crippen molar-refractivity contribution < 1.29 is 9.53 Å². The molecule has 0 aromatic rings. The van der Waals surface area contributed by atoms with Crippen LogP contribution in [0.15, 0.2) is 0 Å². The van der Waals surface area contributed by atoms with E-state index in [1.54, 1.807) is 14.0 Å². The number of carbonyl (C=O) groups is 1. The van der Waals surface area contributed by atoms with E-state index in [-0.39, 0.29) is 11.8 Å². The Bertz CT molecular complexity index is 132. The quantitative estimate of drug-likeness (QED) is 0.598. The maximum atomic E-state index is 11.2. The second-order valence-electron chi connectivity index (χ2n) is 2.80. The molecule has 0 unspecified atom stereocenters. The van der Waals surface area contributed by atoms with Crippen molar-refractivity contribution in [2.45, 2.75) is 26.8 Å². The number of methoxy groups -OCH3 is 1. The van der Waals surface area contributed by atoms with Crippen LogP contribution in [0.25, 0.3) is 0 Å². The van der Waals surface area contributed by atoms with Crippen LogP contribution in [0.5, 0.6) is 0 Å². The van der Waals surface area contributed by atoms with E-state index < -0.39 is 0 Å². The molecule has 0 rings (SSSR count). The van der Waals surface area contributed by atoms with Gasteiger partial charge in [0, 0.05) is 7.11 Å². The predicted octanol–water partition coefficient (Wildman–Crippen LogP) is 0.932. The molecule has 12 heavy (non-hydrogen) atoms. The summed E-state index contributed by atoms with van der Waals surface area (Å²) >= 11 is 0. The van der Waals surface area contributed by atoms with Crippen molar-refractivity contribution in [3.63, 3.8) is 0 Å². The predicted molar refractivity (Wildman–Crippen MR) is 49.3 cm³/mol. The normalized spacial score (nSPS) is 13.4. The molecule has 0 aromatic carbocycles. The van der Waals surface area contributed by atoms with Crippen molar-refractivity contribution in [3.05, 3.63) is 0 Å².